The highest BCUT2D eigenvalue weighted by atomic mass is 32.2. The summed E-state index contributed by atoms with van der Waals surface area (Å²) in [7, 11) is -0.402. The van der Waals surface area contributed by atoms with Gasteiger partial charge in [-0.25, -0.2) is 12.7 Å². The van der Waals surface area contributed by atoms with Crippen LogP contribution in [0.25, 0.3) is 0 Å². The van der Waals surface area contributed by atoms with Gasteiger partial charge >= 0.3 is 0 Å². The summed E-state index contributed by atoms with van der Waals surface area (Å²) in [4.78, 5) is 31.2. The molecule has 0 unspecified atom stereocenters. The quantitative estimate of drug-likeness (QED) is 0.572. The minimum Gasteiger partial charge on any atom is -0.342 e. The minimum atomic E-state index is -3.45. The SMILES string of the molecule is CCCCN1C(=O)[C@H](CC(C)C)NC(=O)C12CCN(Cc1ccc(S(=O)(=O)N(C)C)cc1)CC2. The minimum absolute atomic E-state index is 0.00764. The van der Waals surface area contributed by atoms with E-state index < -0.39 is 21.6 Å². The van der Waals surface area contributed by atoms with Crippen LogP contribution in [0.2, 0.25) is 0 Å². The molecule has 0 aliphatic carbocycles. The lowest BCUT2D eigenvalue weighted by Gasteiger charge is -2.52. The van der Waals surface area contributed by atoms with Crippen LogP contribution < -0.4 is 5.32 Å². The maximum Gasteiger partial charge on any atom is 0.246 e. The fraction of sp³-hybridized carbons (Fsp3) is 0.680. The van der Waals surface area contributed by atoms with E-state index in [9.17, 15) is 18.0 Å². The molecule has 2 heterocycles. The van der Waals surface area contributed by atoms with Crippen molar-refractivity contribution in [3.05, 3.63) is 29.8 Å². The monoisotopic (exact) mass is 492 g/mol. The third-order valence-electron chi connectivity index (χ3n) is 7.04. The summed E-state index contributed by atoms with van der Waals surface area (Å²) < 4.78 is 25.8. The predicted molar refractivity (Wildman–Crippen MR) is 133 cm³/mol. The molecule has 2 aliphatic heterocycles. The summed E-state index contributed by atoms with van der Waals surface area (Å²) in [5.74, 6) is 0.386. The zero-order valence-corrected chi connectivity index (χ0v) is 22.0. The first-order valence-electron chi connectivity index (χ1n) is 12.4. The van der Waals surface area contributed by atoms with Crippen LogP contribution in [0.4, 0.5) is 0 Å². The Morgan fingerprint density at radius 2 is 1.74 bits per heavy atom. The molecule has 2 aliphatic rings. The van der Waals surface area contributed by atoms with Crippen molar-refractivity contribution in [1.82, 2.24) is 19.4 Å². The molecule has 1 atom stereocenters. The second-order valence-electron chi connectivity index (χ2n) is 10.2. The van der Waals surface area contributed by atoms with E-state index in [1.54, 1.807) is 12.1 Å². The molecule has 2 fully saturated rings. The van der Waals surface area contributed by atoms with Gasteiger partial charge in [0.1, 0.15) is 11.6 Å². The van der Waals surface area contributed by atoms with Crippen LogP contribution >= 0.6 is 0 Å². The Kier molecular flexibility index (Phi) is 8.42. The van der Waals surface area contributed by atoms with Gasteiger partial charge in [-0.2, -0.15) is 0 Å². The van der Waals surface area contributed by atoms with Gasteiger partial charge < -0.3 is 10.2 Å². The average Bonchev–Trinajstić information content (AvgIpc) is 2.79. The molecule has 1 aromatic carbocycles. The van der Waals surface area contributed by atoms with Crippen molar-refractivity contribution < 1.29 is 18.0 Å². The molecule has 1 aromatic rings. The van der Waals surface area contributed by atoms with Crippen molar-refractivity contribution in [3.8, 4) is 0 Å². The first-order chi connectivity index (χ1) is 16.0. The summed E-state index contributed by atoms with van der Waals surface area (Å²) >= 11 is 0. The molecule has 2 amide bonds. The smallest absolute Gasteiger partial charge is 0.246 e. The third-order valence-corrected chi connectivity index (χ3v) is 8.87. The van der Waals surface area contributed by atoms with Crippen LogP contribution in [0.15, 0.2) is 29.2 Å². The number of piperidine rings is 1. The highest BCUT2D eigenvalue weighted by molar-refractivity contribution is 7.89. The number of carbonyl (C=O) groups excluding carboxylic acids is 2. The van der Waals surface area contributed by atoms with Gasteiger partial charge in [-0.15, -0.1) is 0 Å². The van der Waals surface area contributed by atoms with E-state index in [1.165, 1.54) is 18.4 Å². The van der Waals surface area contributed by atoms with Crippen molar-refractivity contribution >= 4 is 21.8 Å². The molecule has 0 radical (unpaired) electrons. The van der Waals surface area contributed by atoms with Gasteiger partial charge in [0.2, 0.25) is 21.8 Å². The first kappa shape index (κ1) is 26.6. The van der Waals surface area contributed by atoms with Crippen molar-refractivity contribution in [2.45, 2.75) is 75.9 Å². The van der Waals surface area contributed by atoms with Gasteiger partial charge in [0.15, 0.2) is 0 Å². The zero-order chi connectivity index (χ0) is 25.1. The van der Waals surface area contributed by atoms with Crippen LogP contribution in [0.3, 0.4) is 0 Å². The number of hydrogen-bond acceptors (Lipinski definition) is 5. The number of hydrogen-bond donors (Lipinski definition) is 1. The number of carbonyl (C=O) groups is 2. The fourth-order valence-electron chi connectivity index (χ4n) is 4.96. The zero-order valence-electron chi connectivity index (χ0n) is 21.2. The molecule has 2 saturated heterocycles. The van der Waals surface area contributed by atoms with E-state index in [0.29, 0.717) is 51.4 Å². The van der Waals surface area contributed by atoms with Gasteiger partial charge in [0, 0.05) is 40.3 Å². The number of nitrogens with one attached hydrogen (secondary N) is 1. The fourth-order valence-corrected chi connectivity index (χ4v) is 5.86. The van der Waals surface area contributed by atoms with Crippen molar-refractivity contribution in [1.29, 1.82) is 0 Å². The maximum atomic E-state index is 13.4. The summed E-state index contributed by atoms with van der Waals surface area (Å²) in [5, 5.41) is 3.05. The molecule has 190 valence electrons. The second-order valence-corrected chi connectivity index (χ2v) is 12.4. The lowest BCUT2D eigenvalue weighted by Crippen LogP contribution is -2.73. The van der Waals surface area contributed by atoms with Crippen molar-refractivity contribution in [2.24, 2.45) is 5.92 Å². The molecule has 34 heavy (non-hydrogen) atoms. The Labute approximate surface area is 204 Å². The Morgan fingerprint density at radius 3 is 2.26 bits per heavy atom. The number of rotatable bonds is 9. The van der Waals surface area contributed by atoms with Gasteiger partial charge in [-0.1, -0.05) is 39.3 Å². The number of sulfonamides is 1. The first-order valence-corrected chi connectivity index (χ1v) is 13.8. The number of unbranched alkanes of at least 4 members (excludes halogenated alkanes) is 1. The Bertz CT molecular complexity index is 967. The summed E-state index contributed by atoms with van der Waals surface area (Å²) in [5.41, 5.74) is 0.262. The molecule has 1 N–H and O–H groups in total. The molecule has 9 heteroatoms. The van der Waals surface area contributed by atoms with Crippen molar-refractivity contribution in [2.75, 3.05) is 33.7 Å². The molecule has 0 saturated carbocycles. The van der Waals surface area contributed by atoms with Crippen LogP contribution in [-0.4, -0.2) is 79.6 Å². The van der Waals surface area contributed by atoms with E-state index in [2.05, 4.69) is 31.0 Å². The highest BCUT2D eigenvalue weighted by Crippen LogP contribution is 2.34. The molecule has 8 nitrogen and oxygen atoms in total. The van der Waals surface area contributed by atoms with E-state index in [0.717, 1.165) is 18.4 Å². The summed E-state index contributed by atoms with van der Waals surface area (Å²) in [6.07, 6.45) is 3.74. The van der Waals surface area contributed by atoms with Crippen LogP contribution in [0.1, 0.15) is 58.4 Å². The lowest BCUT2D eigenvalue weighted by atomic mass is 9.80. The van der Waals surface area contributed by atoms with Gasteiger partial charge in [-0.05, 0) is 49.3 Å². The summed E-state index contributed by atoms with van der Waals surface area (Å²) in [6, 6.07) is 6.56. The number of likely N-dealkylation sites (tertiary alicyclic amines) is 1. The Balaban J connectivity index is 1.69. The van der Waals surface area contributed by atoms with Gasteiger partial charge in [-0.3, -0.25) is 14.5 Å². The molecule has 0 aromatic heterocycles. The molecule has 1 spiro atoms. The molecule has 0 bridgehead atoms. The Hall–Kier alpha value is -1.97. The molecular weight excluding hydrogens is 452 g/mol. The third kappa shape index (κ3) is 5.47. The topological polar surface area (TPSA) is 90.0 Å². The standard InChI is InChI=1S/C25H40N4O4S/c1-6-7-14-29-23(30)22(17-19(2)3)26-24(31)25(29)12-15-28(16-13-25)18-20-8-10-21(11-9-20)34(32,33)27(4)5/h8-11,19,22H,6-7,12-18H2,1-5H3,(H,26,31)/t22-/m0/s1. The second kappa shape index (κ2) is 10.7. The van der Waals surface area contributed by atoms with Gasteiger partial charge in [0.25, 0.3) is 0 Å². The van der Waals surface area contributed by atoms with Crippen molar-refractivity contribution in [3.63, 3.8) is 0 Å². The van der Waals surface area contributed by atoms with Crippen LogP contribution in [-0.2, 0) is 26.2 Å². The summed E-state index contributed by atoms with van der Waals surface area (Å²) in [6.45, 7) is 8.95. The van der Waals surface area contributed by atoms with E-state index in [4.69, 9.17) is 0 Å². The number of amides is 2. The highest BCUT2D eigenvalue weighted by Gasteiger charge is 2.53. The van der Waals surface area contributed by atoms with E-state index in [1.807, 2.05) is 17.0 Å². The van der Waals surface area contributed by atoms with E-state index >= 15 is 0 Å². The Morgan fingerprint density at radius 1 is 1.12 bits per heavy atom. The largest absolute Gasteiger partial charge is 0.342 e. The van der Waals surface area contributed by atoms with E-state index in [-0.39, 0.29) is 16.7 Å². The molecule has 3 rings (SSSR count). The lowest BCUT2D eigenvalue weighted by molar-refractivity contribution is -0.161. The van der Waals surface area contributed by atoms with Gasteiger partial charge in [0.05, 0.1) is 4.90 Å². The van der Waals surface area contributed by atoms with Crippen LogP contribution in [0.5, 0.6) is 0 Å². The average molecular weight is 493 g/mol. The molecular formula is C25H40N4O4S. The number of piperazine rings is 1. The maximum absolute atomic E-state index is 13.4. The predicted octanol–water partition coefficient (Wildman–Crippen LogP) is 2.44. The normalized spacial score (nSPS) is 21.5. The number of nitrogens with zero attached hydrogens (tertiary/aromatic N) is 3. The van der Waals surface area contributed by atoms with Crippen LogP contribution in [0, 0.1) is 5.92 Å². The number of benzene rings is 1.